The van der Waals surface area contributed by atoms with Gasteiger partial charge in [0.25, 0.3) is 0 Å². The Morgan fingerprint density at radius 2 is 1.90 bits per heavy atom. The van der Waals surface area contributed by atoms with Gasteiger partial charge in [-0.1, -0.05) is 24.3 Å². The topological polar surface area (TPSA) is 43.8 Å². The number of rotatable bonds is 3. The molecule has 1 aromatic rings. The second-order valence-electron chi connectivity index (χ2n) is 6.67. The molecule has 1 fully saturated rings. The number of carbonyl (C=O) groups is 1. The first-order valence-corrected chi connectivity index (χ1v) is 7.74. The average Bonchev–Trinajstić information content (AvgIpc) is 3.00. The zero-order chi connectivity index (χ0) is 15.0. The maximum atomic E-state index is 12.8. The van der Waals surface area contributed by atoms with Gasteiger partial charge in [0, 0.05) is 25.0 Å². The maximum absolute atomic E-state index is 12.8. The number of hydrogen-bond donors (Lipinski definition) is 1. The monoisotopic (exact) mass is 288 g/mol. The fourth-order valence-electron chi connectivity index (χ4n) is 3.72. The molecular weight excluding hydrogens is 264 g/mol. The first kappa shape index (κ1) is 14.5. The van der Waals surface area contributed by atoms with E-state index in [2.05, 4.69) is 17.0 Å². The van der Waals surface area contributed by atoms with E-state index in [9.17, 15) is 9.90 Å². The van der Waals surface area contributed by atoms with Crippen LogP contribution in [0.25, 0.3) is 0 Å². The number of likely N-dealkylation sites (N-methyl/N-ethyl adjacent to an activating group) is 1. The van der Waals surface area contributed by atoms with Crippen LogP contribution in [0.5, 0.6) is 0 Å². The van der Waals surface area contributed by atoms with Gasteiger partial charge in [0.2, 0.25) is 5.91 Å². The predicted molar refractivity (Wildman–Crippen MR) is 82.0 cm³/mol. The lowest BCUT2D eigenvalue weighted by atomic mass is 10.0. The Hall–Kier alpha value is -1.39. The van der Waals surface area contributed by atoms with Crippen molar-refractivity contribution in [2.45, 2.75) is 31.4 Å². The molecule has 2 aliphatic rings. The van der Waals surface area contributed by atoms with E-state index in [1.807, 2.05) is 31.1 Å². The van der Waals surface area contributed by atoms with Crippen molar-refractivity contribution in [2.24, 2.45) is 5.92 Å². The van der Waals surface area contributed by atoms with Crippen molar-refractivity contribution < 1.29 is 9.90 Å². The minimum Gasteiger partial charge on any atom is -0.391 e. The number of hydrogen-bond acceptors (Lipinski definition) is 3. The highest BCUT2D eigenvalue weighted by molar-refractivity contribution is 5.81. The van der Waals surface area contributed by atoms with Crippen LogP contribution in [0.2, 0.25) is 0 Å². The number of carbonyl (C=O) groups excluding carboxylic acids is 1. The third-order valence-electron chi connectivity index (χ3n) is 4.65. The molecule has 2 unspecified atom stereocenters. The van der Waals surface area contributed by atoms with Gasteiger partial charge in [-0.05, 0) is 44.5 Å². The largest absolute Gasteiger partial charge is 0.391 e. The molecule has 3 rings (SSSR count). The zero-order valence-corrected chi connectivity index (χ0v) is 12.8. The van der Waals surface area contributed by atoms with Crippen LogP contribution in [0.4, 0.5) is 0 Å². The summed E-state index contributed by atoms with van der Waals surface area (Å²) in [7, 11) is 4.03. The highest BCUT2D eigenvalue weighted by Crippen LogP contribution is 2.30. The van der Waals surface area contributed by atoms with Gasteiger partial charge in [0.1, 0.15) is 0 Å². The molecule has 4 heteroatoms. The molecule has 1 heterocycles. The van der Waals surface area contributed by atoms with Crippen LogP contribution >= 0.6 is 0 Å². The van der Waals surface area contributed by atoms with Crippen LogP contribution in [0.1, 0.15) is 17.5 Å². The molecule has 0 spiro atoms. The summed E-state index contributed by atoms with van der Waals surface area (Å²) in [5.74, 6) is 0.270. The van der Waals surface area contributed by atoms with Gasteiger partial charge in [-0.25, -0.2) is 0 Å². The van der Waals surface area contributed by atoms with Gasteiger partial charge in [-0.15, -0.1) is 0 Å². The van der Waals surface area contributed by atoms with Crippen molar-refractivity contribution in [1.82, 2.24) is 9.80 Å². The number of aliphatic hydroxyl groups is 1. The SMILES string of the molecule is CN(C)CC1CC(O)CN1C(=O)C1Cc2ccccc2C1. The number of aliphatic hydroxyl groups excluding tert-OH is 1. The summed E-state index contributed by atoms with van der Waals surface area (Å²) >= 11 is 0. The maximum Gasteiger partial charge on any atom is 0.226 e. The van der Waals surface area contributed by atoms with Gasteiger partial charge in [-0.3, -0.25) is 4.79 Å². The minimum atomic E-state index is -0.373. The van der Waals surface area contributed by atoms with E-state index in [4.69, 9.17) is 0 Å². The molecule has 1 aliphatic heterocycles. The molecule has 0 bridgehead atoms. The number of β-amino-alcohol motifs (C(OH)–C–C–N with tert-alkyl or cyclic N) is 1. The second kappa shape index (κ2) is 5.78. The number of amides is 1. The summed E-state index contributed by atoms with van der Waals surface area (Å²) in [5.41, 5.74) is 2.61. The van der Waals surface area contributed by atoms with E-state index in [1.54, 1.807) is 0 Å². The van der Waals surface area contributed by atoms with E-state index < -0.39 is 0 Å². The molecule has 0 aromatic heterocycles. The summed E-state index contributed by atoms with van der Waals surface area (Å²) in [5, 5.41) is 9.94. The Morgan fingerprint density at radius 1 is 1.29 bits per heavy atom. The van der Waals surface area contributed by atoms with E-state index >= 15 is 0 Å². The molecule has 1 N–H and O–H groups in total. The lowest BCUT2D eigenvalue weighted by Crippen LogP contribution is -2.44. The summed E-state index contributed by atoms with van der Waals surface area (Å²) in [6, 6.07) is 8.48. The molecule has 114 valence electrons. The fourth-order valence-corrected chi connectivity index (χ4v) is 3.72. The van der Waals surface area contributed by atoms with Gasteiger partial charge in [0.05, 0.1) is 6.10 Å². The number of likely N-dealkylation sites (tertiary alicyclic amines) is 1. The lowest BCUT2D eigenvalue weighted by Gasteiger charge is -2.29. The van der Waals surface area contributed by atoms with Crippen LogP contribution in [-0.2, 0) is 17.6 Å². The highest BCUT2D eigenvalue weighted by Gasteiger charge is 2.39. The smallest absolute Gasteiger partial charge is 0.226 e. The Balaban J connectivity index is 1.70. The van der Waals surface area contributed by atoms with Crippen LogP contribution in [0.15, 0.2) is 24.3 Å². The van der Waals surface area contributed by atoms with Gasteiger partial charge in [0.15, 0.2) is 0 Å². The summed E-state index contributed by atoms with van der Waals surface area (Å²) in [4.78, 5) is 16.9. The number of fused-ring (bicyclic) bond motifs is 1. The quantitative estimate of drug-likeness (QED) is 0.900. The molecule has 0 radical (unpaired) electrons. The molecule has 2 atom stereocenters. The normalized spacial score (nSPS) is 25.6. The van der Waals surface area contributed by atoms with Crippen LogP contribution < -0.4 is 0 Å². The molecule has 4 nitrogen and oxygen atoms in total. The average molecular weight is 288 g/mol. The van der Waals surface area contributed by atoms with Crippen molar-refractivity contribution in [2.75, 3.05) is 27.2 Å². The molecule has 1 amide bonds. The third kappa shape index (κ3) is 2.97. The summed E-state index contributed by atoms with van der Waals surface area (Å²) < 4.78 is 0. The molecular formula is C17H24N2O2. The standard InChI is InChI=1S/C17H24N2O2/c1-18(2)10-15-9-16(20)11-19(15)17(21)14-7-12-5-3-4-6-13(12)8-14/h3-6,14-16,20H,7-11H2,1-2H3. The second-order valence-corrected chi connectivity index (χ2v) is 6.67. The first-order valence-electron chi connectivity index (χ1n) is 7.74. The van der Waals surface area contributed by atoms with Crippen LogP contribution in [0.3, 0.4) is 0 Å². The summed E-state index contributed by atoms with van der Waals surface area (Å²) in [6.45, 7) is 1.31. The van der Waals surface area contributed by atoms with Crippen molar-refractivity contribution in [3.05, 3.63) is 35.4 Å². The van der Waals surface area contributed by atoms with E-state index in [0.29, 0.717) is 13.0 Å². The molecule has 21 heavy (non-hydrogen) atoms. The van der Waals surface area contributed by atoms with Gasteiger partial charge < -0.3 is 14.9 Å². The zero-order valence-electron chi connectivity index (χ0n) is 12.8. The van der Waals surface area contributed by atoms with E-state index in [0.717, 1.165) is 19.4 Å². The van der Waals surface area contributed by atoms with Gasteiger partial charge >= 0.3 is 0 Å². The highest BCUT2D eigenvalue weighted by atomic mass is 16.3. The lowest BCUT2D eigenvalue weighted by molar-refractivity contribution is -0.136. The Bertz CT molecular complexity index is 504. The third-order valence-corrected chi connectivity index (χ3v) is 4.65. The van der Waals surface area contributed by atoms with Gasteiger partial charge in [-0.2, -0.15) is 0 Å². The van der Waals surface area contributed by atoms with Crippen molar-refractivity contribution in [3.63, 3.8) is 0 Å². The molecule has 1 aromatic carbocycles. The van der Waals surface area contributed by atoms with Crippen LogP contribution in [-0.4, -0.2) is 60.1 Å². The van der Waals surface area contributed by atoms with Crippen molar-refractivity contribution in [3.8, 4) is 0 Å². The van der Waals surface area contributed by atoms with E-state index in [-0.39, 0.29) is 24.0 Å². The van der Waals surface area contributed by atoms with Crippen LogP contribution in [0, 0.1) is 5.92 Å². The Kier molecular flexibility index (Phi) is 4.00. The molecule has 0 saturated carbocycles. The predicted octanol–water partition coefficient (Wildman–Crippen LogP) is 0.925. The fraction of sp³-hybridized carbons (Fsp3) is 0.588. The Morgan fingerprint density at radius 3 is 2.48 bits per heavy atom. The summed E-state index contributed by atoms with van der Waals surface area (Å²) in [6.07, 6.45) is 2.01. The molecule has 1 saturated heterocycles. The number of nitrogens with zero attached hydrogens (tertiary/aromatic N) is 2. The van der Waals surface area contributed by atoms with Crippen molar-refractivity contribution >= 4 is 5.91 Å². The first-order chi connectivity index (χ1) is 10.0. The van der Waals surface area contributed by atoms with E-state index in [1.165, 1.54) is 11.1 Å². The number of benzene rings is 1. The minimum absolute atomic E-state index is 0.0531. The molecule has 1 aliphatic carbocycles. The van der Waals surface area contributed by atoms with Crippen molar-refractivity contribution in [1.29, 1.82) is 0 Å². The Labute approximate surface area is 126 Å².